The van der Waals surface area contributed by atoms with Crippen LogP contribution in [0.25, 0.3) is 6.08 Å². The van der Waals surface area contributed by atoms with Gasteiger partial charge in [0.15, 0.2) is 5.60 Å². The number of rotatable bonds is 2. The van der Waals surface area contributed by atoms with Crippen molar-refractivity contribution in [2.45, 2.75) is 57.0 Å². The maximum Gasteiger partial charge on any atom is 0.241 e. The largest absolute Gasteiger partial charge is 0.331 e. The monoisotopic (exact) mass is 346 g/mol. The second-order valence-electron chi connectivity index (χ2n) is 7.91. The molecule has 0 amide bonds. The van der Waals surface area contributed by atoms with Crippen molar-refractivity contribution in [2.24, 2.45) is 5.41 Å². The minimum Gasteiger partial charge on any atom is -0.331 e. The lowest BCUT2D eigenvalue weighted by Gasteiger charge is -2.64. The van der Waals surface area contributed by atoms with Crippen molar-refractivity contribution in [1.29, 1.82) is 0 Å². The molecule has 2 bridgehead atoms. The molecule has 128 valence electrons. The van der Waals surface area contributed by atoms with Gasteiger partial charge < -0.3 is 4.74 Å². The molecule has 1 aromatic carbocycles. The Morgan fingerprint density at radius 3 is 2.42 bits per heavy atom. The average molecular weight is 347 g/mol. The molecule has 4 aliphatic rings. The highest BCUT2D eigenvalue weighted by molar-refractivity contribution is 6.30. The van der Waals surface area contributed by atoms with Gasteiger partial charge in [0.2, 0.25) is 5.79 Å². The van der Waals surface area contributed by atoms with Crippen LogP contribution in [0.1, 0.15) is 45.6 Å². The molecule has 3 heterocycles. The Bertz CT molecular complexity index is 708. The zero-order chi connectivity index (χ0) is 17.1. The zero-order valence-electron chi connectivity index (χ0n) is 14.3. The summed E-state index contributed by atoms with van der Waals surface area (Å²) in [5.41, 5.74) is 0.0642. The number of ether oxygens (including phenoxy) is 1. The first-order chi connectivity index (χ1) is 11.3. The van der Waals surface area contributed by atoms with E-state index in [4.69, 9.17) is 26.1 Å². The molecule has 4 heteroatoms. The molecular weight excluding hydrogens is 324 g/mol. The zero-order valence-corrected chi connectivity index (χ0v) is 15.1. The minimum atomic E-state index is -0.969. The summed E-state index contributed by atoms with van der Waals surface area (Å²) in [4.78, 5) is 11.8. The Morgan fingerprint density at radius 2 is 1.75 bits per heavy atom. The summed E-state index contributed by atoms with van der Waals surface area (Å²) in [5.74, 6) is -0.969. The fourth-order valence-corrected chi connectivity index (χ4v) is 4.54. The summed E-state index contributed by atoms with van der Waals surface area (Å²) in [6, 6.07) is 7.65. The van der Waals surface area contributed by atoms with E-state index in [1.807, 2.05) is 42.5 Å². The molecule has 1 aliphatic carbocycles. The third kappa shape index (κ3) is 2.22. The van der Waals surface area contributed by atoms with Gasteiger partial charge >= 0.3 is 0 Å². The molecule has 5 rings (SSSR count). The summed E-state index contributed by atoms with van der Waals surface area (Å²) in [7, 11) is 0. The molecule has 1 aromatic rings. The summed E-state index contributed by atoms with van der Waals surface area (Å²) < 4.78 is 6.49. The molecular formula is C20H23ClO3. The highest BCUT2D eigenvalue weighted by Gasteiger charge is 2.68. The Labute approximate surface area is 148 Å². The van der Waals surface area contributed by atoms with E-state index in [0.29, 0.717) is 0 Å². The van der Waals surface area contributed by atoms with E-state index < -0.39 is 17.0 Å². The van der Waals surface area contributed by atoms with Crippen molar-refractivity contribution in [3.8, 4) is 0 Å². The van der Waals surface area contributed by atoms with Crippen LogP contribution in [0, 0.1) is 5.41 Å². The van der Waals surface area contributed by atoms with Gasteiger partial charge in [0.05, 0.1) is 0 Å². The molecule has 0 radical (unpaired) electrons. The summed E-state index contributed by atoms with van der Waals surface area (Å²) >= 11 is 5.94. The average Bonchev–Trinajstić information content (AvgIpc) is 2.54. The molecule has 2 fully saturated rings. The first-order valence-corrected chi connectivity index (χ1v) is 8.90. The standard InChI is InChI=1S/C20H23ClO3/c1-17(2)10-4-11-18(3)20(17)14-13-19(22-18,23-24-20)12-9-15-5-7-16(21)8-6-15/h5-9,12-14H,4,10-11H2,1-3H3/b12-9+/t18-,19+,20+/m0/s1. The van der Waals surface area contributed by atoms with Gasteiger partial charge in [-0.25, -0.2) is 4.89 Å². The van der Waals surface area contributed by atoms with E-state index in [1.54, 1.807) is 0 Å². The maximum atomic E-state index is 6.49. The van der Waals surface area contributed by atoms with Crippen LogP contribution in [0.5, 0.6) is 0 Å². The molecule has 3 atom stereocenters. The summed E-state index contributed by atoms with van der Waals surface area (Å²) in [5, 5.41) is 0.720. The number of hydrogen-bond acceptors (Lipinski definition) is 3. The molecule has 3 nitrogen and oxygen atoms in total. The lowest BCUT2D eigenvalue weighted by Crippen LogP contribution is -2.73. The number of fused-ring (bicyclic) bond motifs is 1. The smallest absolute Gasteiger partial charge is 0.241 e. The van der Waals surface area contributed by atoms with Gasteiger partial charge in [0.1, 0.15) is 5.60 Å². The fraction of sp³-hybridized carbons (Fsp3) is 0.500. The Morgan fingerprint density at radius 1 is 1.00 bits per heavy atom. The lowest BCUT2D eigenvalue weighted by atomic mass is 9.57. The first kappa shape index (κ1) is 16.3. The van der Waals surface area contributed by atoms with Crippen LogP contribution in [0.15, 0.2) is 42.5 Å². The highest BCUT2D eigenvalue weighted by Crippen LogP contribution is 2.60. The molecule has 1 saturated carbocycles. The topological polar surface area (TPSA) is 27.7 Å². The van der Waals surface area contributed by atoms with Crippen molar-refractivity contribution >= 4 is 17.7 Å². The van der Waals surface area contributed by atoms with E-state index in [1.165, 1.54) is 0 Å². The summed E-state index contributed by atoms with van der Waals surface area (Å²) in [6.07, 6.45) is 11.2. The quantitative estimate of drug-likeness (QED) is 0.537. The van der Waals surface area contributed by atoms with E-state index in [9.17, 15) is 0 Å². The molecule has 1 spiro atoms. The summed E-state index contributed by atoms with van der Waals surface area (Å²) in [6.45, 7) is 6.59. The molecule has 3 aliphatic heterocycles. The first-order valence-electron chi connectivity index (χ1n) is 8.52. The second kappa shape index (κ2) is 5.18. The van der Waals surface area contributed by atoms with Crippen molar-refractivity contribution < 1.29 is 14.5 Å². The van der Waals surface area contributed by atoms with E-state index in [2.05, 4.69) is 26.8 Å². The minimum absolute atomic E-state index is 0.0387. The lowest BCUT2D eigenvalue weighted by molar-refractivity contribution is -0.540. The fourth-order valence-electron chi connectivity index (χ4n) is 4.41. The third-order valence-electron chi connectivity index (χ3n) is 5.86. The Balaban J connectivity index is 1.68. The second-order valence-corrected chi connectivity index (χ2v) is 8.35. The Kier molecular flexibility index (Phi) is 3.53. The van der Waals surface area contributed by atoms with Gasteiger partial charge in [-0.1, -0.05) is 43.7 Å². The van der Waals surface area contributed by atoms with Crippen LogP contribution in [0.3, 0.4) is 0 Å². The third-order valence-corrected chi connectivity index (χ3v) is 6.12. The van der Waals surface area contributed by atoms with Gasteiger partial charge in [0.25, 0.3) is 0 Å². The van der Waals surface area contributed by atoms with Crippen molar-refractivity contribution in [3.63, 3.8) is 0 Å². The highest BCUT2D eigenvalue weighted by atomic mass is 35.5. The maximum absolute atomic E-state index is 6.49. The van der Waals surface area contributed by atoms with Crippen molar-refractivity contribution in [1.82, 2.24) is 0 Å². The van der Waals surface area contributed by atoms with Crippen LogP contribution in [0.4, 0.5) is 0 Å². The molecule has 0 unspecified atom stereocenters. The Hall–Kier alpha value is -1.13. The molecule has 0 N–H and O–H groups in total. The van der Waals surface area contributed by atoms with Crippen LogP contribution in [0.2, 0.25) is 5.02 Å². The van der Waals surface area contributed by atoms with Gasteiger partial charge in [-0.3, -0.25) is 0 Å². The van der Waals surface area contributed by atoms with Crippen LogP contribution in [-0.2, 0) is 14.5 Å². The van der Waals surface area contributed by atoms with Crippen molar-refractivity contribution in [3.05, 3.63) is 53.1 Å². The van der Waals surface area contributed by atoms with Gasteiger partial charge in [0, 0.05) is 10.4 Å². The van der Waals surface area contributed by atoms with Gasteiger partial charge in [-0.2, -0.15) is 4.89 Å². The number of benzene rings is 1. The van der Waals surface area contributed by atoms with E-state index in [0.717, 1.165) is 29.8 Å². The van der Waals surface area contributed by atoms with Crippen LogP contribution >= 0.6 is 11.6 Å². The van der Waals surface area contributed by atoms with Gasteiger partial charge in [-0.15, -0.1) is 0 Å². The van der Waals surface area contributed by atoms with Crippen LogP contribution < -0.4 is 0 Å². The van der Waals surface area contributed by atoms with E-state index in [-0.39, 0.29) is 5.41 Å². The van der Waals surface area contributed by atoms with Crippen molar-refractivity contribution in [2.75, 3.05) is 0 Å². The van der Waals surface area contributed by atoms with Gasteiger partial charge in [-0.05, 0) is 62.1 Å². The predicted octanol–water partition coefficient (Wildman–Crippen LogP) is 5.31. The number of halogens is 1. The SMILES string of the molecule is CC1(C)CCC[C@]2(C)O[C@@]3(/C=C/c4ccc(Cl)cc4)C=C[C@@]12OO3. The van der Waals surface area contributed by atoms with Crippen LogP contribution in [-0.4, -0.2) is 17.0 Å². The molecule has 24 heavy (non-hydrogen) atoms. The molecule has 1 saturated heterocycles. The normalized spacial score (nSPS) is 40.0. The predicted molar refractivity (Wildman–Crippen MR) is 94.4 cm³/mol. The molecule has 0 aromatic heterocycles. The number of hydrogen-bond donors (Lipinski definition) is 0. The van der Waals surface area contributed by atoms with E-state index >= 15 is 0 Å².